The van der Waals surface area contributed by atoms with Crippen molar-refractivity contribution in [2.24, 2.45) is 11.8 Å². The normalized spacial score (nSPS) is 24.8. The van der Waals surface area contributed by atoms with Gasteiger partial charge >= 0.3 is 0 Å². The van der Waals surface area contributed by atoms with Crippen LogP contribution >= 0.6 is 0 Å². The molecule has 0 aromatic heterocycles. The van der Waals surface area contributed by atoms with Crippen LogP contribution in [0.25, 0.3) is 0 Å². The largest absolute Gasteiger partial charge is 0.508 e. The maximum Gasteiger partial charge on any atom is 0.115 e. The molecule has 0 amide bonds. The smallest absolute Gasteiger partial charge is 0.115 e. The summed E-state index contributed by atoms with van der Waals surface area (Å²) in [6, 6.07) is 7.50. The van der Waals surface area contributed by atoms with Crippen molar-refractivity contribution in [2.45, 2.75) is 39.2 Å². The first-order chi connectivity index (χ1) is 8.25. The summed E-state index contributed by atoms with van der Waals surface area (Å²) in [4.78, 5) is 0. The lowest BCUT2D eigenvalue weighted by Gasteiger charge is -2.28. The molecule has 0 radical (unpaired) electrons. The number of benzene rings is 1. The molecule has 1 aromatic rings. The number of hydrogen-bond acceptors (Lipinski definition) is 2. The summed E-state index contributed by atoms with van der Waals surface area (Å²) in [7, 11) is 0. The predicted molar refractivity (Wildman–Crippen MR) is 70.9 cm³/mol. The highest BCUT2D eigenvalue weighted by atomic mass is 16.3. The van der Waals surface area contributed by atoms with E-state index in [-0.39, 0.29) is 0 Å². The molecule has 2 N–H and O–H groups in total. The zero-order chi connectivity index (χ0) is 12.1. The van der Waals surface area contributed by atoms with Gasteiger partial charge in [-0.2, -0.15) is 0 Å². The van der Waals surface area contributed by atoms with Crippen LogP contribution in [0.2, 0.25) is 0 Å². The molecule has 2 unspecified atom stereocenters. The van der Waals surface area contributed by atoms with Crippen LogP contribution in [0, 0.1) is 11.8 Å². The van der Waals surface area contributed by atoms with Crippen LogP contribution in [-0.2, 0) is 6.54 Å². The monoisotopic (exact) mass is 233 g/mol. The van der Waals surface area contributed by atoms with Gasteiger partial charge in [-0.05, 0) is 42.5 Å². The Labute approximate surface area is 104 Å². The Morgan fingerprint density at radius 2 is 2.12 bits per heavy atom. The van der Waals surface area contributed by atoms with Gasteiger partial charge in [-0.3, -0.25) is 0 Å². The first kappa shape index (κ1) is 12.4. The van der Waals surface area contributed by atoms with Crippen LogP contribution < -0.4 is 5.32 Å². The van der Waals surface area contributed by atoms with E-state index < -0.39 is 0 Å². The highest BCUT2D eigenvalue weighted by Gasteiger charge is 2.20. The zero-order valence-electron chi connectivity index (χ0n) is 10.7. The third-order valence-electron chi connectivity index (χ3n) is 3.94. The molecule has 2 atom stereocenters. The van der Waals surface area contributed by atoms with Gasteiger partial charge in [0.1, 0.15) is 5.75 Å². The van der Waals surface area contributed by atoms with Crippen LogP contribution in [0.3, 0.4) is 0 Å². The molecule has 17 heavy (non-hydrogen) atoms. The van der Waals surface area contributed by atoms with Gasteiger partial charge in [0.25, 0.3) is 0 Å². The summed E-state index contributed by atoms with van der Waals surface area (Å²) < 4.78 is 0. The van der Waals surface area contributed by atoms with E-state index in [1.54, 1.807) is 6.07 Å². The van der Waals surface area contributed by atoms with E-state index in [1.165, 1.54) is 25.7 Å². The molecule has 2 heteroatoms. The van der Waals surface area contributed by atoms with Gasteiger partial charge in [0, 0.05) is 6.54 Å². The molecule has 2 rings (SSSR count). The summed E-state index contributed by atoms with van der Waals surface area (Å²) in [5.41, 5.74) is 1.16. The van der Waals surface area contributed by atoms with Crippen molar-refractivity contribution >= 4 is 0 Å². The maximum atomic E-state index is 9.38. The average molecular weight is 233 g/mol. The number of rotatable bonds is 4. The van der Waals surface area contributed by atoms with E-state index in [4.69, 9.17) is 0 Å². The van der Waals surface area contributed by atoms with Crippen LogP contribution in [0.4, 0.5) is 0 Å². The van der Waals surface area contributed by atoms with Gasteiger partial charge in [0.2, 0.25) is 0 Å². The standard InChI is InChI=1S/C15H23NO/c1-12-5-2-3-7-14(12)11-16-10-13-6-4-8-15(17)9-13/h4,6,8-9,12,14,16-17H,2-3,5,7,10-11H2,1H3. The lowest BCUT2D eigenvalue weighted by Crippen LogP contribution is -2.29. The number of nitrogens with one attached hydrogen (secondary N) is 1. The Morgan fingerprint density at radius 1 is 1.29 bits per heavy atom. The maximum absolute atomic E-state index is 9.38. The molecule has 1 aliphatic carbocycles. The first-order valence-electron chi connectivity index (χ1n) is 6.74. The fraction of sp³-hybridized carbons (Fsp3) is 0.600. The second kappa shape index (κ2) is 6.06. The van der Waals surface area contributed by atoms with Crippen molar-refractivity contribution < 1.29 is 5.11 Å². The van der Waals surface area contributed by atoms with Gasteiger partial charge in [-0.1, -0.05) is 38.3 Å². The molecule has 0 aliphatic heterocycles. The van der Waals surface area contributed by atoms with Crippen molar-refractivity contribution in [1.29, 1.82) is 0 Å². The molecule has 0 bridgehead atoms. The molecule has 0 spiro atoms. The summed E-state index contributed by atoms with van der Waals surface area (Å²) in [5.74, 6) is 2.05. The van der Waals surface area contributed by atoms with Crippen molar-refractivity contribution in [1.82, 2.24) is 5.32 Å². The highest BCUT2D eigenvalue weighted by Crippen LogP contribution is 2.28. The Hall–Kier alpha value is -1.02. The first-order valence-corrected chi connectivity index (χ1v) is 6.74. The van der Waals surface area contributed by atoms with Crippen LogP contribution in [0.1, 0.15) is 38.2 Å². The average Bonchev–Trinajstić information content (AvgIpc) is 2.32. The van der Waals surface area contributed by atoms with Gasteiger partial charge in [0.15, 0.2) is 0 Å². The van der Waals surface area contributed by atoms with E-state index >= 15 is 0 Å². The van der Waals surface area contributed by atoms with Crippen LogP contribution in [-0.4, -0.2) is 11.7 Å². The van der Waals surface area contributed by atoms with Crippen molar-refractivity contribution in [3.63, 3.8) is 0 Å². The molecule has 1 aromatic carbocycles. The lowest BCUT2D eigenvalue weighted by atomic mass is 9.80. The van der Waals surface area contributed by atoms with Crippen LogP contribution in [0.15, 0.2) is 24.3 Å². The minimum Gasteiger partial charge on any atom is -0.508 e. The summed E-state index contributed by atoms with van der Waals surface area (Å²) in [6.45, 7) is 4.34. The zero-order valence-corrected chi connectivity index (χ0v) is 10.7. The Balaban J connectivity index is 1.75. The molecule has 0 saturated heterocycles. The minimum atomic E-state index is 0.357. The van der Waals surface area contributed by atoms with Crippen molar-refractivity contribution in [3.8, 4) is 5.75 Å². The van der Waals surface area contributed by atoms with E-state index in [1.807, 2.05) is 12.1 Å². The molecule has 94 valence electrons. The highest BCUT2D eigenvalue weighted by molar-refractivity contribution is 5.26. The molecule has 2 nitrogen and oxygen atoms in total. The van der Waals surface area contributed by atoms with E-state index in [0.29, 0.717) is 5.75 Å². The molecule has 0 heterocycles. The number of phenolic OH excluding ortho intramolecular Hbond substituents is 1. The Bertz CT molecular complexity index is 351. The number of aromatic hydroxyl groups is 1. The van der Waals surface area contributed by atoms with Gasteiger partial charge < -0.3 is 10.4 Å². The fourth-order valence-electron chi connectivity index (χ4n) is 2.76. The summed E-state index contributed by atoms with van der Waals surface area (Å²) in [6.07, 6.45) is 5.56. The summed E-state index contributed by atoms with van der Waals surface area (Å²) >= 11 is 0. The number of hydrogen-bond donors (Lipinski definition) is 2. The Kier molecular flexibility index (Phi) is 4.43. The van der Waals surface area contributed by atoms with Crippen molar-refractivity contribution in [3.05, 3.63) is 29.8 Å². The summed E-state index contributed by atoms with van der Waals surface area (Å²) in [5, 5.41) is 12.9. The third kappa shape index (κ3) is 3.74. The quantitative estimate of drug-likeness (QED) is 0.836. The molecular formula is C15H23NO. The Morgan fingerprint density at radius 3 is 2.88 bits per heavy atom. The molecule has 1 fully saturated rings. The number of phenols is 1. The third-order valence-corrected chi connectivity index (χ3v) is 3.94. The second-order valence-corrected chi connectivity index (χ2v) is 5.32. The SMILES string of the molecule is CC1CCCCC1CNCc1cccc(O)c1. The van der Waals surface area contributed by atoms with Gasteiger partial charge in [0.05, 0.1) is 0 Å². The van der Waals surface area contributed by atoms with Crippen LogP contribution in [0.5, 0.6) is 5.75 Å². The van der Waals surface area contributed by atoms with E-state index in [9.17, 15) is 5.11 Å². The topological polar surface area (TPSA) is 32.3 Å². The van der Waals surface area contributed by atoms with Crippen molar-refractivity contribution in [2.75, 3.05) is 6.54 Å². The second-order valence-electron chi connectivity index (χ2n) is 5.32. The lowest BCUT2D eigenvalue weighted by molar-refractivity contribution is 0.247. The predicted octanol–water partition coefficient (Wildman–Crippen LogP) is 3.31. The van der Waals surface area contributed by atoms with Gasteiger partial charge in [-0.15, -0.1) is 0 Å². The fourth-order valence-corrected chi connectivity index (χ4v) is 2.76. The minimum absolute atomic E-state index is 0.357. The van der Waals surface area contributed by atoms with E-state index in [2.05, 4.69) is 18.3 Å². The van der Waals surface area contributed by atoms with E-state index in [0.717, 1.165) is 30.5 Å². The molecule has 1 aliphatic rings. The molecular weight excluding hydrogens is 210 g/mol. The van der Waals surface area contributed by atoms with Gasteiger partial charge in [-0.25, -0.2) is 0 Å². The molecule has 1 saturated carbocycles.